The first-order valence-electron chi connectivity index (χ1n) is 30.8. The number of hydrogen-bond acceptors (Lipinski definition) is 12. The molecule has 452 valence electrons. The number of nitrogens with one attached hydrogen (secondary N) is 2. The first kappa shape index (κ1) is 59.2. The van der Waals surface area contributed by atoms with Crippen molar-refractivity contribution in [2.24, 2.45) is 11.3 Å². The molecule has 7 aromatic rings. The van der Waals surface area contributed by atoms with Crippen LogP contribution in [0.25, 0.3) is 10.8 Å². The molecule has 14 nitrogen and oxygen atoms in total. The zero-order chi connectivity index (χ0) is 61.4. The van der Waals surface area contributed by atoms with E-state index in [1.54, 1.807) is 31.2 Å². The minimum Gasteiger partial charge on any atom is -0.508 e. The number of phenolic OH excluding ortho intramolecular Hbond substituents is 3. The number of aromatic nitrogens is 2. The number of rotatable bonds is 12. The van der Waals surface area contributed by atoms with Gasteiger partial charge in [0.25, 0.3) is 0 Å². The fraction of sp³-hybridized carbons (Fsp3) is 0.338. The number of anilines is 1. The summed E-state index contributed by atoms with van der Waals surface area (Å²) in [4.78, 5) is 47.5. The van der Waals surface area contributed by atoms with Crippen LogP contribution in [0.2, 0.25) is 0 Å². The summed E-state index contributed by atoms with van der Waals surface area (Å²) in [6, 6.07) is 29.1. The molecule has 12 rings (SSSR count). The van der Waals surface area contributed by atoms with Crippen LogP contribution in [0.3, 0.4) is 0 Å². The molecule has 3 aliphatic carbocycles. The number of Topliss-reactive ketones (excluding diaryl/α,β-unsaturated/α-hetero) is 2. The molecule has 1 spiro atoms. The highest BCUT2D eigenvalue weighted by molar-refractivity contribution is 6.00. The number of nitrogens with zero attached hydrogens (tertiary/aromatic N) is 2. The van der Waals surface area contributed by atoms with Gasteiger partial charge in [-0.05, 0) is 144 Å². The maximum Gasteiger partial charge on any atom is 0.302 e. The highest BCUT2D eigenvalue weighted by atomic mass is 16.5. The summed E-state index contributed by atoms with van der Waals surface area (Å²) in [6.45, 7) is 8.01. The van der Waals surface area contributed by atoms with Gasteiger partial charge in [-0.2, -0.15) is 0 Å². The smallest absolute Gasteiger partial charge is 0.302 e. The van der Waals surface area contributed by atoms with E-state index < -0.39 is 29.6 Å². The van der Waals surface area contributed by atoms with Crippen LogP contribution in [-0.2, 0) is 32.0 Å². The summed E-state index contributed by atoms with van der Waals surface area (Å²) < 4.78 is 20.9. The highest BCUT2D eigenvalue weighted by Crippen LogP contribution is 2.53. The average molecular weight is 1180 g/mol. The maximum absolute atomic E-state index is 15.4. The Morgan fingerprint density at radius 2 is 1.74 bits per heavy atom. The third kappa shape index (κ3) is 11.6. The van der Waals surface area contributed by atoms with Crippen molar-refractivity contribution in [3.05, 3.63) is 208 Å². The number of fused-ring (bicyclic) bond motifs is 3. The number of ketones is 2. The van der Waals surface area contributed by atoms with E-state index in [9.17, 15) is 30.0 Å². The number of carbonyl (C=O) groups excluding carboxylic acids is 3. The van der Waals surface area contributed by atoms with Gasteiger partial charge in [-0.25, -0.2) is 0 Å². The number of hydrogen-bond donors (Lipinski definition) is 6. The molecule has 8 atom stereocenters. The highest BCUT2D eigenvalue weighted by Gasteiger charge is 2.43. The Kier molecular flexibility index (Phi) is 16.7. The normalized spacial score (nSPS) is 22.9. The molecule has 4 heterocycles. The molecule has 6 bridgehead atoms. The van der Waals surface area contributed by atoms with E-state index in [-0.39, 0.29) is 89.0 Å². The van der Waals surface area contributed by atoms with E-state index >= 15 is 4.79 Å². The standard InChI is InChI=1S/C74H76N4O10/c1-6-59(47-14-8-7-9-15-47)50-32-55(82)38-58(33-50)88-73-68(85)34-51(35-69(73)86-5)66-39-56(83)37-57(87-46(4)80)25-28-74-40-52-41-75-42-62(52)60(20-12-18-53(74)17-10-13-44(74)2)71(48-16-11-19-54(81)31-48)49-26-29-76-70(36-49)77(30-27-45(3)79)64-22-21-61-67(84)24-23-65-72(61)63(64)43-78(65)66/h7-11,13-17,19,21-22,26,31-36,38,41-44,57,59-60,66-67,71,75-76,81-82,84-85H,6,18,23-25,27-30,37,39-40H2,1-5H3. The predicted octanol–water partition coefficient (Wildman–Crippen LogP) is 13.9. The molecule has 5 aromatic carbocycles. The predicted molar refractivity (Wildman–Crippen MR) is 340 cm³/mol. The molecule has 6 N–H and O–H groups in total. The first-order valence-corrected chi connectivity index (χ1v) is 30.8. The lowest BCUT2D eigenvalue weighted by Gasteiger charge is -2.43. The van der Waals surface area contributed by atoms with Gasteiger partial charge in [0, 0.05) is 104 Å². The van der Waals surface area contributed by atoms with Gasteiger partial charge in [0.2, 0.25) is 5.75 Å². The Morgan fingerprint density at radius 1 is 0.898 bits per heavy atom. The second kappa shape index (κ2) is 24.9. The number of H-pyrrole nitrogens is 1. The first-order chi connectivity index (χ1) is 42.6. The summed E-state index contributed by atoms with van der Waals surface area (Å²) in [5.74, 6) is 7.11. The number of methoxy groups -OCH3 is 1. The number of allylic oxidation sites excluding steroid dienone is 6. The van der Waals surface area contributed by atoms with Gasteiger partial charge in [0.05, 0.1) is 30.9 Å². The molecule has 88 heavy (non-hydrogen) atoms. The van der Waals surface area contributed by atoms with Gasteiger partial charge in [0.1, 0.15) is 40.7 Å². The zero-order valence-electron chi connectivity index (χ0n) is 50.5. The van der Waals surface area contributed by atoms with Gasteiger partial charge in [-0.3, -0.25) is 14.4 Å². The minimum atomic E-state index is -0.796. The van der Waals surface area contributed by atoms with E-state index in [2.05, 4.69) is 100 Å². The fourth-order valence-corrected chi connectivity index (χ4v) is 14.7. The van der Waals surface area contributed by atoms with Crippen LogP contribution in [0.4, 0.5) is 5.69 Å². The maximum atomic E-state index is 15.4. The third-order valence-corrected chi connectivity index (χ3v) is 19.0. The Balaban J connectivity index is 1.05. The van der Waals surface area contributed by atoms with Crippen molar-refractivity contribution in [1.29, 1.82) is 0 Å². The van der Waals surface area contributed by atoms with Gasteiger partial charge in [-0.1, -0.05) is 104 Å². The lowest BCUT2D eigenvalue weighted by Crippen LogP contribution is -2.36. The summed E-state index contributed by atoms with van der Waals surface area (Å²) >= 11 is 0. The third-order valence-electron chi connectivity index (χ3n) is 19.0. The Bertz CT molecular complexity index is 4040. The Morgan fingerprint density at radius 3 is 2.52 bits per heavy atom. The number of aromatic amines is 1. The Hall–Kier alpha value is -9.19. The number of dihydropyridines is 1. The molecule has 5 aliphatic rings. The lowest BCUT2D eigenvalue weighted by molar-refractivity contribution is -0.148. The van der Waals surface area contributed by atoms with Crippen LogP contribution < -0.4 is 19.7 Å². The molecule has 14 heteroatoms. The molecule has 2 aliphatic heterocycles. The van der Waals surface area contributed by atoms with Crippen molar-refractivity contribution < 1.29 is 49.0 Å². The fourth-order valence-electron chi connectivity index (χ4n) is 14.7. The number of ether oxygens (including phenoxy) is 3. The Labute approximate surface area is 513 Å². The van der Waals surface area contributed by atoms with Crippen LogP contribution in [0, 0.1) is 23.2 Å². The van der Waals surface area contributed by atoms with E-state index in [1.165, 1.54) is 20.1 Å². The van der Waals surface area contributed by atoms with Gasteiger partial charge in [0.15, 0.2) is 11.5 Å². The topological polar surface area (TPSA) is 196 Å². The second-order valence-corrected chi connectivity index (χ2v) is 24.4. The lowest BCUT2D eigenvalue weighted by atomic mass is 9.61. The minimum absolute atomic E-state index is 0.00214. The molecule has 0 amide bonds. The van der Waals surface area contributed by atoms with Crippen LogP contribution >= 0.6 is 0 Å². The van der Waals surface area contributed by atoms with E-state index in [0.717, 1.165) is 78.9 Å². The van der Waals surface area contributed by atoms with Gasteiger partial charge in [-0.15, -0.1) is 0 Å². The average Bonchev–Trinajstić information content (AvgIpc) is 2.08. The SMILES string of the molecule is CCC(c1ccccc1)c1cc(O)cc(Oc2c(O)cc(C3CC(=O)CC(OC(C)=O)CCC45Cc6c[nH]cc6C(C#CCC4=CC=CC5C)C(c4cccc(O)c4)C4=CCNC(=C4)N(CCC(C)=O)c4ccc5c6c(n3cc46)CCC5O)cc2OC)c1. The number of benzene rings is 5. The quantitative estimate of drug-likeness (QED) is 0.0501. The monoisotopic (exact) mass is 1180 g/mol. The molecule has 0 saturated carbocycles. The number of phenols is 3. The zero-order valence-corrected chi connectivity index (χ0v) is 50.5. The number of carbonyl (C=O) groups is 3. The van der Waals surface area contributed by atoms with Crippen LogP contribution in [0.1, 0.15) is 154 Å². The van der Waals surface area contributed by atoms with Gasteiger partial charge < -0.3 is 54.4 Å². The van der Waals surface area contributed by atoms with Crippen molar-refractivity contribution in [1.82, 2.24) is 14.9 Å². The van der Waals surface area contributed by atoms with E-state index in [1.807, 2.05) is 60.8 Å². The molecule has 0 fully saturated rings. The van der Waals surface area contributed by atoms with Crippen molar-refractivity contribution in [3.63, 3.8) is 0 Å². The largest absolute Gasteiger partial charge is 0.508 e. The van der Waals surface area contributed by atoms with Crippen LogP contribution in [0.15, 0.2) is 163 Å². The number of aliphatic hydroxyl groups is 1. The van der Waals surface area contributed by atoms with E-state index in [0.29, 0.717) is 57.2 Å². The number of aromatic hydroxyl groups is 3. The van der Waals surface area contributed by atoms with Crippen molar-refractivity contribution >= 4 is 34.0 Å². The van der Waals surface area contributed by atoms with Crippen molar-refractivity contribution in [2.45, 2.75) is 128 Å². The van der Waals surface area contributed by atoms with Crippen molar-refractivity contribution in [2.75, 3.05) is 25.1 Å². The van der Waals surface area contributed by atoms with Crippen LogP contribution in [0.5, 0.6) is 34.5 Å². The summed E-state index contributed by atoms with van der Waals surface area (Å²) in [5, 5.41) is 51.8. The number of aryl methyl sites for hydroxylation is 1. The van der Waals surface area contributed by atoms with Gasteiger partial charge >= 0.3 is 5.97 Å². The molecular weight excluding hydrogens is 1100 g/mol. The summed E-state index contributed by atoms with van der Waals surface area (Å²) in [7, 11) is 1.49. The summed E-state index contributed by atoms with van der Waals surface area (Å²) in [6.07, 6.45) is 19.1. The summed E-state index contributed by atoms with van der Waals surface area (Å²) in [5.41, 5.74) is 9.45. The molecule has 2 aromatic heterocycles. The van der Waals surface area contributed by atoms with E-state index in [4.69, 9.17) is 14.2 Å². The van der Waals surface area contributed by atoms with Crippen LogP contribution in [-0.4, -0.2) is 73.8 Å². The number of aliphatic hydroxyl groups excluding tert-OH is 1. The molecule has 8 unspecified atom stereocenters. The number of esters is 1. The molecular formula is C74H76N4O10. The van der Waals surface area contributed by atoms with Crippen molar-refractivity contribution in [3.8, 4) is 46.3 Å². The molecule has 0 radical (unpaired) electrons. The second-order valence-electron chi connectivity index (χ2n) is 24.4. The molecule has 0 saturated heterocycles.